The summed E-state index contributed by atoms with van der Waals surface area (Å²) in [6, 6.07) is 9.92. The van der Waals surface area contributed by atoms with Gasteiger partial charge in [0.05, 0.1) is 0 Å². The van der Waals surface area contributed by atoms with Crippen LogP contribution in [0.5, 0.6) is 5.75 Å². The Labute approximate surface area is 206 Å². The molecule has 2 amide bonds. The van der Waals surface area contributed by atoms with Crippen molar-refractivity contribution in [3.63, 3.8) is 0 Å². The molecule has 34 heavy (non-hydrogen) atoms. The molecule has 2 aromatic rings. The summed E-state index contributed by atoms with van der Waals surface area (Å²) in [6.45, 7) is 14.4. The molecule has 6 heteroatoms. The summed E-state index contributed by atoms with van der Waals surface area (Å²) in [5, 5.41) is 6.41. The van der Waals surface area contributed by atoms with Gasteiger partial charge in [0.1, 0.15) is 0 Å². The first-order chi connectivity index (χ1) is 16.1. The zero-order valence-corrected chi connectivity index (χ0v) is 23.2. The van der Waals surface area contributed by atoms with E-state index in [0.717, 1.165) is 64.5 Å². The van der Waals surface area contributed by atoms with Gasteiger partial charge in [0.15, 0.2) is 0 Å². The van der Waals surface area contributed by atoms with Crippen LogP contribution in [0.1, 0.15) is 55.9 Å². The molecule has 5 nitrogen and oxygen atoms in total. The Bertz CT molecular complexity index is 971. The summed E-state index contributed by atoms with van der Waals surface area (Å²) >= 11 is 0. The third-order valence-corrected chi connectivity index (χ3v) is 13.2. The van der Waals surface area contributed by atoms with Gasteiger partial charge in [-0.3, -0.25) is 0 Å². The molecular formula is C28H43N2O3P. The number of hydrogen-bond donors (Lipinski definition) is 2. The van der Waals surface area contributed by atoms with Crippen molar-refractivity contribution in [3.05, 3.63) is 52.6 Å². The maximum atomic E-state index is 13.7. The molecule has 0 saturated carbocycles. The first-order valence-electron chi connectivity index (χ1n) is 12.4. The molecule has 0 aliphatic rings. The van der Waals surface area contributed by atoms with Gasteiger partial charge in [-0.2, -0.15) is 0 Å². The number of hydrogen-bond acceptors (Lipinski definition) is 3. The third-order valence-electron chi connectivity index (χ3n) is 7.29. The number of methoxy groups -OCH3 is 1. The van der Waals surface area contributed by atoms with E-state index in [-0.39, 0.29) is 17.5 Å². The zero-order chi connectivity index (χ0) is 25.5. The van der Waals surface area contributed by atoms with E-state index in [2.05, 4.69) is 31.4 Å². The molecular weight excluding hydrogens is 443 g/mol. The van der Waals surface area contributed by atoms with E-state index in [9.17, 15) is 9.59 Å². The molecule has 0 saturated heterocycles. The van der Waals surface area contributed by atoms with Gasteiger partial charge in [0, 0.05) is 0 Å². The number of amides is 2. The van der Waals surface area contributed by atoms with Gasteiger partial charge >= 0.3 is 206 Å². The maximum absolute atomic E-state index is 13.7. The van der Waals surface area contributed by atoms with Gasteiger partial charge in [-0.05, 0) is 0 Å². The standard InChI is InChI=1S/C28H43N2O3P/c1-9-13-24(28(32)30-27-21(6)16-23(33-8)17-22(27)7)34(10-2,11-3)18-25(31)29-26-19(4)14-12-15-20(26)5/h12,14-17,24,34H,9-11,13,18H2,1-8H3,(H,29,31)(H,30,32). The van der Waals surface area contributed by atoms with Crippen molar-refractivity contribution in [2.45, 2.75) is 67.0 Å². The van der Waals surface area contributed by atoms with Crippen molar-refractivity contribution in [2.75, 3.05) is 36.2 Å². The number of carbonyl (C=O) groups is 2. The van der Waals surface area contributed by atoms with Gasteiger partial charge in [-0.25, -0.2) is 0 Å². The Morgan fingerprint density at radius 1 is 0.882 bits per heavy atom. The number of aryl methyl sites for hydroxylation is 4. The Hall–Kier alpha value is -2.39. The van der Waals surface area contributed by atoms with Gasteiger partial charge in [-0.1, -0.05) is 0 Å². The fourth-order valence-corrected chi connectivity index (χ4v) is 9.57. The topological polar surface area (TPSA) is 67.4 Å². The summed E-state index contributed by atoms with van der Waals surface area (Å²) in [6.07, 6.45) is 3.94. The van der Waals surface area contributed by atoms with Crippen molar-refractivity contribution in [3.8, 4) is 5.75 Å². The van der Waals surface area contributed by atoms with Gasteiger partial charge in [0.2, 0.25) is 0 Å². The Kier molecular flexibility index (Phi) is 10.1. The molecule has 0 heterocycles. The number of nitrogens with one attached hydrogen (secondary N) is 2. The fourth-order valence-electron chi connectivity index (χ4n) is 5.08. The van der Waals surface area contributed by atoms with Crippen LogP contribution in [0.2, 0.25) is 0 Å². The van der Waals surface area contributed by atoms with Crippen LogP contribution in [-0.4, -0.2) is 43.1 Å². The monoisotopic (exact) mass is 486 g/mol. The first kappa shape index (κ1) is 27.9. The van der Waals surface area contributed by atoms with Crippen molar-refractivity contribution < 1.29 is 14.3 Å². The van der Waals surface area contributed by atoms with Crippen LogP contribution in [0.25, 0.3) is 0 Å². The molecule has 0 aliphatic carbocycles. The molecule has 2 aromatic carbocycles. The Morgan fingerprint density at radius 3 is 1.88 bits per heavy atom. The molecule has 2 N–H and O–H groups in total. The van der Waals surface area contributed by atoms with Crippen molar-refractivity contribution >= 4 is 30.5 Å². The van der Waals surface area contributed by atoms with E-state index < -0.39 is 7.26 Å². The molecule has 0 spiro atoms. The van der Waals surface area contributed by atoms with Crippen LogP contribution in [-0.2, 0) is 9.59 Å². The van der Waals surface area contributed by atoms with E-state index in [1.165, 1.54) is 0 Å². The van der Waals surface area contributed by atoms with E-state index in [1.54, 1.807) is 7.11 Å². The van der Waals surface area contributed by atoms with Crippen LogP contribution >= 0.6 is 7.26 Å². The average Bonchev–Trinajstić information content (AvgIpc) is 2.80. The first-order valence-corrected chi connectivity index (χ1v) is 15.1. The number of ether oxygens (including phenoxy) is 1. The molecule has 0 radical (unpaired) electrons. The Morgan fingerprint density at radius 2 is 1.41 bits per heavy atom. The van der Waals surface area contributed by atoms with Gasteiger partial charge in [-0.15, -0.1) is 0 Å². The number of carbonyl (C=O) groups excluding carboxylic acids is 2. The second-order valence-electron chi connectivity index (χ2n) is 9.53. The number of anilines is 2. The molecule has 2 rings (SSSR count). The molecule has 0 aromatic heterocycles. The van der Waals surface area contributed by atoms with E-state index in [0.29, 0.717) is 6.16 Å². The molecule has 1 atom stereocenters. The predicted molar refractivity (Wildman–Crippen MR) is 149 cm³/mol. The van der Waals surface area contributed by atoms with Crippen LogP contribution < -0.4 is 15.4 Å². The quantitative estimate of drug-likeness (QED) is 0.358. The molecule has 0 bridgehead atoms. The predicted octanol–water partition coefficient (Wildman–Crippen LogP) is 6.46. The normalized spacial score (nSPS) is 12.7. The second kappa shape index (κ2) is 12.4. The van der Waals surface area contributed by atoms with Gasteiger partial charge in [0.25, 0.3) is 0 Å². The number of para-hydroxylation sites is 1. The van der Waals surface area contributed by atoms with Crippen molar-refractivity contribution in [1.29, 1.82) is 0 Å². The summed E-state index contributed by atoms with van der Waals surface area (Å²) < 4.78 is 5.37. The van der Waals surface area contributed by atoms with Crippen LogP contribution in [0.15, 0.2) is 30.3 Å². The molecule has 0 fully saturated rings. The van der Waals surface area contributed by atoms with E-state index >= 15 is 0 Å². The summed E-state index contributed by atoms with van der Waals surface area (Å²) in [4.78, 5) is 27.0. The SMILES string of the molecule is CCCC(C(=O)Nc1c(C)cc(OC)cc1C)[PH](CC)(CC)CC(=O)Nc1c(C)cccc1C. The summed E-state index contributed by atoms with van der Waals surface area (Å²) in [5.74, 6) is 0.860. The van der Waals surface area contributed by atoms with E-state index in [1.807, 2.05) is 58.0 Å². The average molecular weight is 487 g/mol. The third kappa shape index (κ3) is 6.39. The molecule has 1 unspecified atom stereocenters. The van der Waals surface area contributed by atoms with Crippen molar-refractivity contribution in [2.24, 2.45) is 0 Å². The second-order valence-corrected chi connectivity index (χ2v) is 14.7. The molecule has 188 valence electrons. The fraction of sp³-hybridized carbons (Fsp3) is 0.500. The van der Waals surface area contributed by atoms with Crippen LogP contribution in [0.4, 0.5) is 11.4 Å². The minimum absolute atomic E-state index is 0.0264. The minimum atomic E-state index is -2.26. The van der Waals surface area contributed by atoms with Crippen LogP contribution in [0.3, 0.4) is 0 Å². The van der Waals surface area contributed by atoms with Crippen molar-refractivity contribution in [1.82, 2.24) is 0 Å². The van der Waals surface area contributed by atoms with Gasteiger partial charge < -0.3 is 0 Å². The van der Waals surface area contributed by atoms with Crippen LogP contribution in [0, 0.1) is 27.7 Å². The van der Waals surface area contributed by atoms with E-state index in [4.69, 9.17) is 4.74 Å². The Balaban J connectivity index is 2.33. The summed E-state index contributed by atoms with van der Waals surface area (Å²) in [7, 11) is -0.615. The summed E-state index contributed by atoms with van der Waals surface area (Å²) in [5.41, 5.74) is 5.69. The number of benzene rings is 2. The molecule has 0 aliphatic heterocycles. The number of rotatable bonds is 11. The zero-order valence-electron chi connectivity index (χ0n) is 22.2.